The van der Waals surface area contributed by atoms with Crippen LogP contribution in [0.5, 0.6) is 5.75 Å². The van der Waals surface area contributed by atoms with E-state index in [1.165, 1.54) is 42.9 Å². The first-order valence-corrected chi connectivity index (χ1v) is 10.3. The standard InChI is InChI=1S/C22H30N4O2/c1-16(2)26-21-15-25(22(27)17-7-6-8-18(13-17)28-3)12-9-19(21)20(23-26)14-24-10-4-5-11-24/h6-8,13,16H,4-5,9-12,14-15H2,1-3H3. The number of carbonyl (C=O) groups excluding carboxylic acids is 1. The molecule has 0 aliphatic carbocycles. The van der Waals surface area contributed by atoms with Crippen LogP contribution in [-0.2, 0) is 19.5 Å². The van der Waals surface area contributed by atoms with Gasteiger partial charge in [0.05, 0.1) is 25.0 Å². The van der Waals surface area contributed by atoms with Crippen molar-refractivity contribution in [1.82, 2.24) is 19.6 Å². The predicted molar refractivity (Wildman–Crippen MR) is 109 cm³/mol. The number of hydrogen-bond acceptors (Lipinski definition) is 4. The van der Waals surface area contributed by atoms with Gasteiger partial charge in [-0.2, -0.15) is 5.10 Å². The maximum Gasteiger partial charge on any atom is 0.254 e. The monoisotopic (exact) mass is 382 g/mol. The zero-order valence-electron chi connectivity index (χ0n) is 17.1. The summed E-state index contributed by atoms with van der Waals surface area (Å²) >= 11 is 0. The number of aromatic nitrogens is 2. The molecule has 0 unspecified atom stereocenters. The lowest BCUT2D eigenvalue weighted by Crippen LogP contribution is -2.37. The number of hydrogen-bond donors (Lipinski definition) is 0. The molecule has 28 heavy (non-hydrogen) atoms. The molecule has 0 bridgehead atoms. The van der Waals surface area contributed by atoms with Crippen LogP contribution < -0.4 is 4.74 Å². The van der Waals surface area contributed by atoms with Gasteiger partial charge in [0.1, 0.15) is 5.75 Å². The Bertz CT molecular complexity index is 852. The van der Waals surface area contributed by atoms with Crippen LogP contribution in [-0.4, -0.2) is 52.2 Å². The van der Waals surface area contributed by atoms with E-state index in [4.69, 9.17) is 9.84 Å². The molecule has 1 saturated heterocycles. The van der Waals surface area contributed by atoms with E-state index < -0.39 is 0 Å². The fraction of sp³-hybridized carbons (Fsp3) is 0.545. The molecule has 0 atom stereocenters. The van der Waals surface area contributed by atoms with Crippen LogP contribution in [0.3, 0.4) is 0 Å². The van der Waals surface area contributed by atoms with Crippen molar-refractivity contribution in [2.24, 2.45) is 0 Å². The van der Waals surface area contributed by atoms with Crippen molar-refractivity contribution >= 4 is 5.91 Å². The Morgan fingerprint density at radius 3 is 2.71 bits per heavy atom. The van der Waals surface area contributed by atoms with Crippen LogP contribution in [0.15, 0.2) is 24.3 Å². The van der Waals surface area contributed by atoms with Crippen molar-refractivity contribution in [2.75, 3.05) is 26.7 Å². The van der Waals surface area contributed by atoms with Gasteiger partial charge >= 0.3 is 0 Å². The van der Waals surface area contributed by atoms with Gasteiger partial charge in [-0.1, -0.05) is 6.07 Å². The largest absolute Gasteiger partial charge is 0.497 e. The van der Waals surface area contributed by atoms with Crippen LogP contribution in [0.25, 0.3) is 0 Å². The van der Waals surface area contributed by atoms with Gasteiger partial charge in [0.25, 0.3) is 5.91 Å². The lowest BCUT2D eigenvalue weighted by Gasteiger charge is -2.29. The third-order valence-electron chi connectivity index (χ3n) is 5.84. The molecule has 4 rings (SSSR count). The van der Waals surface area contributed by atoms with E-state index in [-0.39, 0.29) is 11.9 Å². The molecule has 0 spiro atoms. The zero-order valence-corrected chi connectivity index (χ0v) is 17.1. The predicted octanol–water partition coefficient (Wildman–Crippen LogP) is 3.27. The second-order valence-electron chi connectivity index (χ2n) is 8.10. The highest BCUT2D eigenvalue weighted by Crippen LogP contribution is 2.28. The summed E-state index contributed by atoms with van der Waals surface area (Å²) in [5.74, 6) is 0.769. The summed E-state index contributed by atoms with van der Waals surface area (Å²) in [7, 11) is 1.62. The fourth-order valence-corrected chi connectivity index (χ4v) is 4.34. The van der Waals surface area contributed by atoms with E-state index >= 15 is 0 Å². The number of benzene rings is 1. The molecule has 150 valence electrons. The van der Waals surface area contributed by atoms with Crippen LogP contribution >= 0.6 is 0 Å². The summed E-state index contributed by atoms with van der Waals surface area (Å²) in [6, 6.07) is 7.69. The SMILES string of the molecule is COc1cccc(C(=O)N2CCc3c(CN4CCCC4)nn(C(C)C)c3C2)c1. The van der Waals surface area contributed by atoms with E-state index in [0.29, 0.717) is 17.9 Å². The summed E-state index contributed by atoms with van der Waals surface area (Å²) < 4.78 is 7.41. The molecule has 0 radical (unpaired) electrons. The molecular formula is C22H30N4O2. The number of fused-ring (bicyclic) bond motifs is 1. The molecule has 1 aromatic carbocycles. The van der Waals surface area contributed by atoms with E-state index in [1.54, 1.807) is 7.11 Å². The molecule has 1 amide bonds. The lowest BCUT2D eigenvalue weighted by atomic mass is 10.0. The second-order valence-corrected chi connectivity index (χ2v) is 8.10. The lowest BCUT2D eigenvalue weighted by molar-refractivity contribution is 0.0728. The summed E-state index contributed by atoms with van der Waals surface area (Å²) in [6.07, 6.45) is 3.45. The van der Waals surface area contributed by atoms with E-state index in [2.05, 4.69) is 23.4 Å². The molecule has 3 heterocycles. The van der Waals surface area contributed by atoms with Crippen molar-refractivity contribution < 1.29 is 9.53 Å². The van der Waals surface area contributed by atoms with Crippen LogP contribution in [0.1, 0.15) is 60.0 Å². The minimum absolute atomic E-state index is 0.0575. The molecule has 2 aliphatic heterocycles. The summed E-state index contributed by atoms with van der Waals surface area (Å²) in [6.45, 7) is 8.96. The van der Waals surface area contributed by atoms with Crippen molar-refractivity contribution in [1.29, 1.82) is 0 Å². The van der Waals surface area contributed by atoms with E-state index in [0.717, 1.165) is 19.5 Å². The minimum atomic E-state index is 0.0575. The average molecular weight is 383 g/mol. The summed E-state index contributed by atoms with van der Waals surface area (Å²) in [5.41, 5.74) is 4.44. The number of ether oxygens (including phenoxy) is 1. The third-order valence-corrected chi connectivity index (χ3v) is 5.84. The van der Waals surface area contributed by atoms with Gasteiger partial charge in [-0.05, 0) is 64.4 Å². The topological polar surface area (TPSA) is 50.6 Å². The molecule has 1 aromatic heterocycles. The number of rotatable bonds is 5. The molecule has 0 saturated carbocycles. The first kappa shape index (κ1) is 19.0. The molecule has 2 aliphatic rings. The van der Waals surface area contributed by atoms with Gasteiger partial charge in [-0.25, -0.2) is 0 Å². The van der Waals surface area contributed by atoms with Gasteiger partial charge in [0.15, 0.2) is 0 Å². The Balaban J connectivity index is 1.58. The number of methoxy groups -OCH3 is 1. The Morgan fingerprint density at radius 1 is 1.21 bits per heavy atom. The van der Waals surface area contributed by atoms with Gasteiger partial charge < -0.3 is 9.64 Å². The maximum atomic E-state index is 13.1. The molecule has 6 heteroatoms. The number of nitrogens with zero attached hydrogens (tertiary/aromatic N) is 4. The third kappa shape index (κ3) is 3.65. The Hall–Kier alpha value is -2.34. The van der Waals surface area contributed by atoms with Crippen molar-refractivity contribution in [3.05, 3.63) is 46.8 Å². The maximum absolute atomic E-state index is 13.1. The highest BCUT2D eigenvalue weighted by Gasteiger charge is 2.29. The summed E-state index contributed by atoms with van der Waals surface area (Å²) in [5, 5.41) is 4.97. The van der Waals surface area contributed by atoms with Crippen LogP contribution in [0.2, 0.25) is 0 Å². The van der Waals surface area contributed by atoms with Gasteiger partial charge in [-0.3, -0.25) is 14.4 Å². The van der Waals surface area contributed by atoms with Gasteiger partial charge in [0, 0.05) is 30.3 Å². The molecule has 6 nitrogen and oxygen atoms in total. The highest BCUT2D eigenvalue weighted by atomic mass is 16.5. The van der Waals surface area contributed by atoms with Crippen molar-refractivity contribution in [3.8, 4) is 5.75 Å². The van der Waals surface area contributed by atoms with E-state index in [1.807, 2.05) is 29.2 Å². The summed E-state index contributed by atoms with van der Waals surface area (Å²) in [4.78, 5) is 17.5. The average Bonchev–Trinajstić information content (AvgIpc) is 3.35. The number of carbonyl (C=O) groups is 1. The number of amides is 1. The Labute approximate surface area is 167 Å². The highest BCUT2D eigenvalue weighted by molar-refractivity contribution is 5.94. The molecule has 2 aromatic rings. The minimum Gasteiger partial charge on any atom is -0.497 e. The Kier molecular flexibility index (Phi) is 5.40. The van der Waals surface area contributed by atoms with E-state index in [9.17, 15) is 4.79 Å². The molecule has 1 fully saturated rings. The quantitative estimate of drug-likeness (QED) is 0.796. The zero-order chi connectivity index (χ0) is 19.7. The van der Waals surface area contributed by atoms with Crippen molar-refractivity contribution in [3.63, 3.8) is 0 Å². The first-order chi connectivity index (χ1) is 13.6. The fourth-order valence-electron chi connectivity index (χ4n) is 4.34. The number of likely N-dealkylation sites (tertiary alicyclic amines) is 1. The smallest absolute Gasteiger partial charge is 0.254 e. The van der Waals surface area contributed by atoms with Gasteiger partial charge in [0.2, 0.25) is 0 Å². The Morgan fingerprint density at radius 2 is 2.00 bits per heavy atom. The first-order valence-electron chi connectivity index (χ1n) is 10.3. The normalized spacial score (nSPS) is 17.2. The van der Waals surface area contributed by atoms with Crippen LogP contribution in [0.4, 0.5) is 0 Å². The van der Waals surface area contributed by atoms with Crippen molar-refractivity contribution in [2.45, 2.75) is 52.2 Å². The van der Waals surface area contributed by atoms with Crippen LogP contribution in [0, 0.1) is 0 Å². The molecular weight excluding hydrogens is 352 g/mol. The van der Waals surface area contributed by atoms with Gasteiger partial charge in [-0.15, -0.1) is 0 Å². The molecule has 0 N–H and O–H groups in total. The second kappa shape index (κ2) is 7.95.